The van der Waals surface area contributed by atoms with E-state index >= 15 is 0 Å². The molecular formula is C14H17BrN2. The summed E-state index contributed by atoms with van der Waals surface area (Å²) in [7, 11) is 2.13. The standard InChI is InChI=1S/C14H17BrN2/c1-17(14-7-3-5-12(14)9-16)10-11-4-2-6-13(15)8-11/h2,4,6,8,12,14H,3,5,7,10H2,1H3. The zero-order chi connectivity index (χ0) is 12.3. The maximum absolute atomic E-state index is 9.11. The van der Waals surface area contributed by atoms with Crippen LogP contribution in [0, 0.1) is 17.2 Å². The van der Waals surface area contributed by atoms with Crippen LogP contribution in [0.15, 0.2) is 28.7 Å². The lowest BCUT2D eigenvalue weighted by atomic mass is 10.0. The van der Waals surface area contributed by atoms with Crippen LogP contribution in [-0.2, 0) is 6.54 Å². The largest absolute Gasteiger partial charge is 0.298 e. The van der Waals surface area contributed by atoms with Gasteiger partial charge in [-0.05, 0) is 37.6 Å². The SMILES string of the molecule is CN(Cc1cccc(Br)c1)C1CCCC1C#N. The molecule has 2 unspecified atom stereocenters. The van der Waals surface area contributed by atoms with Crippen molar-refractivity contribution in [3.05, 3.63) is 34.3 Å². The van der Waals surface area contributed by atoms with Gasteiger partial charge in [-0.2, -0.15) is 5.26 Å². The molecule has 1 saturated carbocycles. The molecule has 0 spiro atoms. The van der Waals surface area contributed by atoms with E-state index in [0.29, 0.717) is 6.04 Å². The Kier molecular flexibility index (Phi) is 4.20. The van der Waals surface area contributed by atoms with Gasteiger partial charge in [0.25, 0.3) is 0 Å². The fraction of sp³-hybridized carbons (Fsp3) is 0.500. The van der Waals surface area contributed by atoms with Crippen molar-refractivity contribution in [2.24, 2.45) is 5.92 Å². The Hall–Kier alpha value is -0.850. The molecular weight excluding hydrogens is 276 g/mol. The van der Waals surface area contributed by atoms with Crippen molar-refractivity contribution in [1.29, 1.82) is 5.26 Å². The lowest BCUT2D eigenvalue weighted by Crippen LogP contribution is -2.33. The minimum absolute atomic E-state index is 0.215. The van der Waals surface area contributed by atoms with E-state index in [4.69, 9.17) is 5.26 Å². The van der Waals surface area contributed by atoms with Crippen molar-refractivity contribution >= 4 is 15.9 Å². The Bertz CT molecular complexity index is 424. The summed E-state index contributed by atoms with van der Waals surface area (Å²) in [4.78, 5) is 2.32. The first-order valence-electron chi connectivity index (χ1n) is 6.05. The Morgan fingerprint density at radius 2 is 2.29 bits per heavy atom. The normalized spacial score (nSPS) is 23.9. The summed E-state index contributed by atoms with van der Waals surface area (Å²) >= 11 is 3.49. The number of nitriles is 1. The summed E-state index contributed by atoms with van der Waals surface area (Å²) in [5, 5.41) is 9.11. The Balaban J connectivity index is 2.02. The van der Waals surface area contributed by atoms with Crippen LogP contribution in [0.1, 0.15) is 24.8 Å². The molecule has 0 N–H and O–H groups in total. The summed E-state index contributed by atoms with van der Waals surface area (Å²) in [6, 6.07) is 11.3. The van der Waals surface area contributed by atoms with Crippen LogP contribution in [0.2, 0.25) is 0 Å². The molecule has 17 heavy (non-hydrogen) atoms. The first-order valence-corrected chi connectivity index (χ1v) is 6.84. The van der Waals surface area contributed by atoms with Crippen molar-refractivity contribution < 1.29 is 0 Å². The first kappa shape index (κ1) is 12.6. The van der Waals surface area contributed by atoms with E-state index in [2.05, 4.69) is 52.1 Å². The number of hydrogen-bond donors (Lipinski definition) is 0. The second-order valence-corrected chi connectivity index (χ2v) is 5.69. The predicted octanol–water partition coefficient (Wildman–Crippen LogP) is 3.57. The van der Waals surface area contributed by atoms with Crippen LogP contribution in [0.3, 0.4) is 0 Å². The van der Waals surface area contributed by atoms with Gasteiger partial charge >= 0.3 is 0 Å². The highest BCUT2D eigenvalue weighted by atomic mass is 79.9. The minimum atomic E-state index is 0.215. The van der Waals surface area contributed by atoms with Gasteiger partial charge in [0, 0.05) is 17.1 Å². The molecule has 1 aromatic rings. The van der Waals surface area contributed by atoms with Crippen molar-refractivity contribution in [1.82, 2.24) is 4.90 Å². The maximum atomic E-state index is 9.11. The van der Waals surface area contributed by atoms with Gasteiger partial charge in [0.1, 0.15) is 0 Å². The highest BCUT2D eigenvalue weighted by Crippen LogP contribution is 2.29. The molecule has 0 aliphatic heterocycles. The van der Waals surface area contributed by atoms with Gasteiger partial charge in [-0.1, -0.05) is 34.5 Å². The van der Waals surface area contributed by atoms with Crippen LogP contribution in [0.25, 0.3) is 0 Å². The molecule has 1 aromatic carbocycles. The van der Waals surface area contributed by atoms with Gasteiger partial charge in [0.15, 0.2) is 0 Å². The van der Waals surface area contributed by atoms with Gasteiger partial charge in [-0.15, -0.1) is 0 Å². The molecule has 1 aliphatic carbocycles. The summed E-state index contributed by atoms with van der Waals surface area (Å²) in [5.41, 5.74) is 1.30. The second-order valence-electron chi connectivity index (χ2n) is 4.78. The number of rotatable bonds is 3. The highest BCUT2D eigenvalue weighted by molar-refractivity contribution is 9.10. The van der Waals surface area contributed by atoms with Gasteiger partial charge in [-0.3, -0.25) is 4.90 Å². The van der Waals surface area contributed by atoms with Crippen LogP contribution in [-0.4, -0.2) is 18.0 Å². The molecule has 2 atom stereocenters. The van der Waals surface area contributed by atoms with Gasteiger partial charge in [0.2, 0.25) is 0 Å². The topological polar surface area (TPSA) is 27.0 Å². The molecule has 0 aromatic heterocycles. The third kappa shape index (κ3) is 3.08. The van der Waals surface area contributed by atoms with Gasteiger partial charge in [0.05, 0.1) is 12.0 Å². The Morgan fingerprint density at radius 3 is 3.00 bits per heavy atom. The van der Waals surface area contributed by atoms with Crippen LogP contribution in [0.5, 0.6) is 0 Å². The minimum Gasteiger partial charge on any atom is -0.298 e. The molecule has 2 nitrogen and oxygen atoms in total. The van der Waals surface area contributed by atoms with E-state index in [0.717, 1.165) is 23.9 Å². The van der Waals surface area contributed by atoms with E-state index in [1.807, 2.05) is 6.07 Å². The summed E-state index contributed by atoms with van der Waals surface area (Å²) < 4.78 is 1.12. The molecule has 90 valence electrons. The second kappa shape index (κ2) is 5.66. The number of hydrogen-bond acceptors (Lipinski definition) is 2. The molecule has 2 rings (SSSR count). The smallest absolute Gasteiger partial charge is 0.0672 e. The van der Waals surface area contributed by atoms with Crippen LogP contribution >= 0.6 is 15.9 Å². The molecule has 0 amide bonds. The van der Waals surface area contributed by atoms with Gasteiger partial charge in [-0.25, -0.2) is 0 Å². The fourth-order valence-electron chi connectivity index (χ4n) is 2.66. The molecule has 1 aliphatic rings. The zero-order valence-corrected chi connectivity index (χ0v) is 11.7. The van der Waals surface area contributed by atoms with Crippen LogP contribution in [0.4, 0.5) is 0 Å². The summed E-state index contributed by atoms with van der Waals surface area (Å²) in [6.45, 7) is 0.919. The number of halogens is 1. The van der Waals surface area contributed by atoms with E-state index < -0.39 is 0 Å². The molecule has 1 fully saturated rings. The number of benzene rings is 1. The summed E-state index contributed by atoms with van der Waals surface area (Å²) in [6.07, 6.45) is 3.40. The van der Waals surface area contributed by atoms with Crippen LogP contribution < -0.4 is 0 Å². The molecule has 0 heterocycles. The monoisotopic (exact) mass is 292 g/mol. The molecule has 3 heteroatoms. The van der Waals surface area contributed by atoms with Crippen molar-refractivity contribution in [2.75, 3.05) is 7.05 Å². The molecule has 0 saturated heterocycles. The van der Waals surface area contributed by atoms with E-state index in [9.17, 15) is 0 Å². The van der Waals surface area contributed by atoms with E-state index in [1.54, 1.807) is 0 Å². The Morgan fingerprint density at radius 1 is 1.47 bits per heavy atom. The maximum Gasteiger partial charge on any atom is 0.0672 e. The lowest BCUT2D eigenvalue weighted by molar-refractivity contribution is 0.212. The highest BCUT2D eigenvalue weighted by Gasteiger charge is 2.30. The van der Waals surface area contributed by atoms with E-state index in [-0.39, 0.29) is 5.92 Å². The quantitative estimate of drug-likeness (QED) is 0.852. The lowest BCUT2D eigenvalue weighted by Gasteiger charge is -2.26. The van der Waals surface area contributed by atoms with E-state index in [1.165, 1.54) is 12.0 Å². The van der Waals surface area contributed by atoms with Gasteiger partial charge < -0.3 is 0 Å². The Labute approximate surface area is 111 Å². The first-order chi connectivity index (χ1) is 8.20. The average molecular weight is 293 g/mol. The third-order valence-corrected chi connectivity index (χ3v) is 4.03. The summed E-state index contributed by atoms with van der Waals surface area (Å²) in [5.74, 6) is 0.215. The average Bonchev–Trinajstić information content (AvgIpc) is 2.77. The number of nitrogens with zero attached hydrogens (tertiary/aromatic N) is 2. The predicted molar refractivity (Wildman–Crippen MR) is 72.4 cm³/mol. The third-order valence-electron chi connectivity index (χ3n) is 3.53. The van der Waals surface area contributed by atoms with Crippen molar-refractivity contribution in [3.8, 4) is 6.07 Å². The molecule has 0 bridgehead atoms. The van der Waals surface area contributed by atoms with Crippen molar-refractivity contribution in [2.45, 2.75) is 31.8 Å². The van der Waals surface area contributed by atoms with Crippen molar-refractivity contribution in [3.63, 3.8) is 0 Å². The zero-order valence-electron chi connectivity index (χ0n) is 10.1. The fourth-order valence-corrected chi connectivity index (χ4v) is 3.11. The molecule has 0 radical (unpaired) electrons.